The first-order valence-electron chi connectivity index (χ1n) is 6.01. The van der Waals surface area contributed by atoms with Crippen LogP contribution >= 0.6 is 0 Å². The van der Waals surface area contributed by atoms with Gasteiger partial charge < -0.3 is 30.8 Å². The van der Waals surface area contributed by atoms with E-state index in [0.29, 0.717) is 0 Å². The van der Waals surface area contributed by atoms with Crippen molar-refractivity contribution in [2.45, 2.75) is 12.2 Å². The molecule has 8 heteroatoms. The summed E-state index contributed by atoms with van der Waals surface area (Å²) in [5, 5.41) is 48.0. The van der Waals surface area contributed by atoms with Crippen molar-refractivity contribution in [3.63, 3.8) is 0 Å². The summed E-state index contributed by atoms with van der Waals surface area (Å²) in [4.78, 5) is 15.4. The topological polar surface area (TPSA) is 143 Å². The van der Waals surface area contributed by atoms with Gasteiger partial charge in [-0.15, -0.1) is 0 Å². The van der Waals surface area contributed by atoms with Gasteiger partial charge in [0, 0.05) is 12.6 Å². The Kier molecular flexibility index (Phi) is 6.32. The molecule has 2 atom stereocenters. The SMILES string of the molecule is O=C1C=C(O)C(NCC(O)CO)=CC1=NCC(O)CO. The third-order valence-electron chi connectivity index (χ3n) is 2.50. The lowest BCUT2D eigenvalue weighted by Crippen LogP contribution is -2.32. The van der Waals surface area contributed by atoms with E-state index >= 15 is 0 Å². The minimum absolute atomic E-state index is 0.0105. The standard InChI is InChI=1S/C12H18N2O6/c15-5-7(17)3-13-9-1-10(12(20)2-11(9)19)14-4-8(18)6-16/h1-2,7-8,13,15-19H,3-6H2. The van der Waals surface area contributed by atoms with Gasteiger partial charge in [-0.25, -0.2) is 0 Å². The Morgan fingerprint density at radius 1 is 1.15 bits per heavy atom. The fourth-order valence-electron chi connectivity index (χ4n) is 1.38. The van der Waals surface area contributed by atoms with Crippen molar-refractivity contribution in [2.75, 3.05) is 26.3 Å². The molecular weight excluding hydrogens is 268 g/mol. The van der Waals surface area contributed by atoms with Gasteiger partial charge in [-0.1, -0.05) is 0 Å². The van der Waals surface area contributed by atoms with Crippen LogP contribution in [0.4, 0.5) is 0 Å². The third-order valence-corrected chi connectivity index (χ3v) is 2.50. The van der Waals surface area contributed by atoms with Gasteiger partial charge in [0.25, 0.3) is 0 Å². The number of nitrogens with one attached hydrogen (secondary N) is 1. The Bertz CT molecular complexity index is 443. The van der Waals surface area contributed by atoms with E-state index in [4.69, 9.17) is 10.2 Å². The van der Waals surface area contributed by atoms with Crippen molar-refractivity contribution < 1.29 is 30.3 Å². The average molecular weight is 286 g/mol. The second-order valence-corrected chi connectivity index (χ2v) is 4.23. The Hall–Kier alpha value is -1.74. The largest absolute Gasteiger partial charge is 0.506 e. The lowest BCUT2D eigenvalue weighted by molar-refractivity contribution is -0.109. The molecule has 0 saturated carbocycles. The molecule has 0 spiro atoms. The quantitative estimate of drug-likeness (QED) is 0.287. The Morgan fingerprint density at radius 2 is 1.80 bits per heavy atom. The van der Waals surface area contributed by atoms with Crippen LogP contribution in [0.5, 0.6) is 0 Å². The van der Waals surface area contributed by atoms with Crippen LogP contribution in [0.3, 0.4) is 0 Å². The molecule has 8 nitrogen and oxygen atoms in total. The molecule has 1 aliphatic carbocycles. The zero-order valence-corrected chi connectivity index (χ0v) is 10.7. The molecule has 112 valence electrons. The van der Waals surface area contributed by atoms with Gasteiger partial charge in [0.1, 0.15) is 11.5 Å². The van der Waals surface area contributed by atoms with Gasteiger partial charge in [-0.3, -0.25) is 9.79 Å². The minimum Gasteiger partial charge on any atom is -0.506 e. The first-order valence-corrected chi connectivity index (χ1v) is 6.01. The van der Waals surface area contributed by atoms with Gasteiger partial charge in [-0.05, 0) is 6.08 Å². The maximum absolute atomic E-state index is 11.6. The van der Waals surface area contributed by atoms with Gasteiger partial charge in [0.15, 0.2) is 0 Å². The number of nitrogens with zero attached hydrogens (tertiary/aromatic N) is 1. The normalized spacial score (nSPS) is 20.4. The summed E-state index contributed by atoms with van der Waals surface area (Å²) in [6.45, 7) is -1.06. The van der Waals surface area contributed by atoms with Gasteiger partial charge >= 0.3 is 0 Å². The van der Waals surface area contributed by atoms with E-state index < -0.39 is 31.2 Å². The molecule has 20 heavy (non-hydrogen) atoms. The smallest absolute Gasteiger partial charge is 0.207 e. The van der Waals surface area contributed by atoms with E-state index in [2.05, 4.69) is 10.3 Å². The number of aliphatic hydroxyl groups excluding tert-OH is 5. The molecule has 0 aromatic carbocycles. The molecule has 0 radical (unpaired) electrons. The Morgan fingerprint density at radius 3 is 2.40 bits per heavy atom. The van der Waals surface area contributed by atoms with Gasteiger partial charge in [0.2, 0.25) is 5.78 Å². The molecule has 1 aliphatic rings. The number of hydrogen-bond acceptors (Lipinski definition) is 8. The van der Waals surface area contributed by atoms with E-state index in [1.807, 2.05) is 0 Å². The van der Waals surface area contributed by atoms with E-state index in [1.54, 1.807) is 0 Å². The second-order valence-electron chi connectivity index (χ2n) is 4.23. The van der Waals surface area contributed by atoms with E-state index in [-0.39, 0.29) is 30.3 Å². The molecule has 0 saturated heterocycles. The number of allylic oxidation sites excluding steroid dienone is 2. The summed E-state index contributed by atoms with van der Waals surface area (Å²) in [5.74, 6) is -0.831. The summed E-state index contributed by atoms with van der Waals surface area (Å²) in [6.07, 6.45) is 0.165. The van der Waals surface area contributed by atoms with Crippen LogP contribution in [0.15, 0.2) is 28.6 Å². The Balaban J connectivity index is 2.76. The molecule has 0 amide bonds. The van der Waals surface area contributed by atoms with E-state index in [1.165, 1.54) is 6.08 Å². The lowest BCUT2D eigenvalue weighted by atomic mass is 10.1. The summed E-state index contributed by atoms with van der Waals surface area (Å²) in [5.41, 5.74) is 0.186. The second kappa shape index (κ2) is 7.75. The number of hydrogen-bond donors (Lipinski definition) is 6. The Labute approximate surface area is 115 Å². The molecule has 0 bridgehead atoms. The fourth-order valence-corrected chi connectivity index (χ4v) is 1.38. The monoisotopic (exact) mass is 286 g/mol. The average Bonchev–Trinajstić information content (AvgIpc) is 2.44. The summed E-state index contributed by atoms with van der Waals surface area (Å²) < 4.78 is 0. The van der Waals surface area contributed by atoms with Gasteiger partial charge in [-0.2, -0.15) is 0 Å². The first kappa shape index (κ1) is 16.3. The number of carbonyl (C=O) groups excluding carboxylic acids is 1. The van der Waals surface area contributed by atoms with Crippen LogP contribution in [-0.2, 0) is 4.79 Å². The minimum atomic E-state index is -1.06. The summed E-state index contributed by atoms with van der Waals surface area (Å²) in [7, 11) is 0. The molecule has 2 unspecified atom stereocenters. The number of carbonyl (C=O) groups is 1. The molecular formula is C12H18N2O6. The van der Waals surface area contributed by atoms with Crippen LogP contribution < -0.4 is 5.32 Å². The highest BCUT2D eigenvalue weighted by molar-refractivity contribution is 6.49. The van der Waals surface area contributed by atoms with Crippen LogP contribution in [0.1, 0.15) is 0 Å². The van der Waals surface area contributed by atoms with Crippen LogP contribution in [-0.4, -0.2) is 75.5 Å². The molecule has 6 N–H and O–H groups in total. The fraction of sp³-hybridized carbons (Fsp3) is 0.500. The van der Waals surface area contributed by atoms with Crippen LogP contribution in [0.25, 0.3) is 0 Å². The molecule has 0 aromatic heterocycles. The van der Waals surface area contributed by atoms with Gasteiger partial charge in [0.05, 0.1) is 37.7 Å². The molecule has 0 aliphatic heterocycles. The summed E-state index contributed by atoms with van der Waals surface area (Å²) in [6, 6.07) is 0. The van der Waals surface area contributed by atoms with Crippen molar-refractivity contribution in [1.29, 1.82) is 0 Å². The first-order chi connectivity index (χ1) is 9.47. The maximum Gasteiger partial charge on any atom is 0.207 e. The van der Waals surface area contributed by atoms with Crippen molar-refractivity contribution in [3.8, 4) is 0 Å². The maximum atomic E-state index is 11.6. The van der Waals surface area contributed by atoms with Crippen molar-refractivity contribution in [3.05, 3.63) is 23.6 Å². The zero-order valence-electron chi connectivity index (χ0n) is 10.7. The molecule has 0 aromatic rings. The van der Waals surface area contributed by atoms with E-state index in [0.717, 1.165) is 6.08 Å². The van der Waals surface area contributed by atoms with Crippen molar-refractivity contribution in [2.24, 2.45) is 4.99 Å². The summed E-state index contributed by atoms with van der Waals surface area (Å²) >= 11 is 0. The number of aliphatic imine (C=N–C) groups is 1. The number of ketones is 1. The predicted octanol–water partition coefficient (Wildman–Crippen LogP) is -2.37. The van der Waals surface area contributed by atoms with Crippen LogP contribution in [0, 0.1) is 0 Å². The van der Waals surface area contributed by atoms with Crippen LogP contribution in [0.2, 0.25) is 0 Å². The number of aliphatic hydroxyl groups is 5. The van der Waals surface area contributed by atoms with Crippen molar-refractivity contribution >= 4 is 11.5 Å². The predicted molar refractivity (Wildman–Crippen MR) is 70.3 cm³/mol. The highest BCUT2D eigenvalue weighted by Gasteiger charge is 2.19. The van der Waals surface area contributed by atoms with E-state index in [9.17, 15) is 20.1 Å². The molecule has 0 heterocycles. The molecule has 1 rings (SSSR count). The number of rotatable bonds is 7. The van der Waals surface area contributed by atoms with Crippen molar-refractivity contribution in [1.82, 2.24) is 5.32 Å². The zero-order chi connectivity index (χ0) is 15.1. The lowest BCUT2D eigenvalue weighted by Gasteiger charge is -2.16. The molecule has 0 fully saturated rings. The highest BCUT2D eigenvalue weighted by Crippen LogP contribution is 2.11. The highest BCUT2D eigenvalue weighted by atomic mass is 16.3. The third kappa shape index (κ3) is 4.74.